The normalized spacial score (nSPS) is 11.7. The number of nitrogens with zero attached hydrogens (tertiary/aromatic N) is 3. The van der Waals surface area contributed by atoms with E-state index in [1.165, 1.54) is 16.7 Å². The number of benzene rings is 5. The fourth-order valence-corrected chi connectivity index (χ4v) is 6.52. The van der Waals surface area contributed by atoms with E-state index in [0.29, 0.717) is 0 Å². The molecule has 2 aromatic heterocycles. The van der Waals surface area contributed by atoms with Gasteiger partial charge in [0.2, 0.25) is 0 Å². The van der Waals surface area contributed by atoms with Crippen LogP contribution in [0.15, 0.2) is 109 Å². The molecule has 1 N–H and O–H groups in total. The van der Waals surface area contributed by atoms with Gasteiger partial charge < -0.3 is 9.67 Å². The van der Waals surface area contributed by atoms with Crippen LogP contribution in [0.25, 0.3) is 66.7 Å². The van der Waals surface area contributed by atoms with E-state index in [9.17, 15) is 5.11 Å². The minimum atomic E-state index is -0.0610. The van der Waals surface area contributed by atoms with Gasteiger partial charge in [0, 0.05) is 44.2 Å². The molecule has 0 atom stereocenters. The summed E-state index contributed by atoms with van der Waals surface area (Å²) in [7, 11) is 0. The Balaban J connectivity index is 0.00000386. The van der Waals surface area contributed by atoms with Crippen molar-refractivity contribution in [1.82, 2.24) is 14.5 Å². The van der Waals surface area contributed by atoms with Crippen LogP contribution in [0.3, 0.4) is 0 Å². The number of hydrogen-bond acceptors (Lipinski definition) is 3. The second kappa shape index (κ2) is 12.6. The van der Waals surface area contributed by atoms with E-state index >= 15 is 0 Å². The summed E-state index contributed by atoms with van der Waals surface area (Å²) in [6.07, 6.45) is 1.89. The van der Waals surface area contributed by atoms with Gasteiger partial charge in [-0.1, -0.05) is 92.6 Å². The number of aromatic hydroxyl groups is 1. The molecule has 0 amide bonds. The molecular weight excluding hydrogens is 758 g/mol. The average Bonchev–Trinajstić information content (AvgIpc) is 3.44. The van der Waals surface area contributed by atoms with Crippen LogP contribution >= 0.6 is 0 Å². The van der Waals surface area contributed by atoms with E-state index in [4.69, 9.17) is 9.97 Å². The zero-order chi connectivity index (χ0) is 32.2. The number of imidazole rings is 1. The summed E-state index contributed by atoms with van der Waals surface area (Å²) in [5, 5.41) is 12.2. The summed E-state index contributed by atoms with van der Waals surface area (Å²) in [6, 6.07) is 39.3. The van der Waals surface area contributed by atoms with Crippen LogP contribution in [0, 0.1) is 13.0 Å². The number of rotatable bonds is 5. The van der Waals surface area contributed by atoms with E-state index in [1.54, 1.807) is 6.07 Å². The molecule has 0 saturated carbocycles. The fourth-order valence-electron chi connectivity index (χ4n) is 6.52. The number of hydrogen-bond donors (Lipinski definition) is 1. The molecule has 0 aliphatic rings. The topological polar surface area (TPSA) is 50.9 Å². The van der Waals surface area contributed by atoms with Gasteiger partial charge in [-0.3, -0.25) is 4.98 Å². The number of phenolic OH excluding ortho intramolecular Hbond substituents is 1. The van der Waals surface area contributed by atoms with E-state index in [-0.39, 0.29) is 38.3 Å². The summed E-state index contributed by atoms with van der Waals surface area (Å²) in [6.45, 7) is 13.0. The molecule has 0 radical (unpaired) electrons. The Morgan fingerprint density at radius 1 is 0.723 bits per heavy atom. The number of fused-ring (bicyclic) bond motifs is 2. The maximum Gasteiger partial charge on any atom is 0.144 e. The average molecular weight is 796 g/mol. The first-order chi connectivity index (χ1) is 22.1. The Hall–Kier alpha value is -4.53. The number of aryl methyl sites for hydroxylation is 1. The summed E-state index contributed by atoms with van der Waals surface area (Å²) >= 11 is 0. The molecule has 5 aromatic carbocycles. The Bertz CT molecular complexity index is 2240. The molecule has 7 aromatic rings. The van der Waals surface area contributed by atoms with E-state index in [0.717, 1.165) is 61.1 Å². The van der Waals surface area contributed by atoms with Gasteiger partial charge in [-0.15, -0.1) is 35.4 Å². The van der Waals surface area contributed by atoms with Crippen molar-refractivity contribution < 1.29 is 26.2 Å². The van der Waals surface area contributed by atoms with E-state index in [1.807, 2.05) is 18.3 Å². The van der Waals surface area contributed by atoms with Gasteiger partial charge in [0.25, 0.3) is 0 Å². The van der Waals surface area contributed by atoms with Crippen molar-refractivity contribution in [3.63, 3.8) is 0 Å². The van der Waals surface area contributed by atoms with Crippen LogP contribution in [-0.4, -0.2) is 19.6 Å². The fraction of sp³-hybridized carbons (Fsp3) is 0.190. The molecule has 0 saturated heterocycles. The smallest absolute Gasteiger partial charge is 0.144 e. The molecule has 0 bridgehead atoms. The van der Waals surface area contributed by atoms with Crippen molar-refractivity contribution in [1.29, 1.82) is 0 Å². The second-order valence-corrected chi connectivity index (χ2v) is 13.4. The number of phenols is 1. The summed E-state index contributed by atoms with van der Waals surface area (Å²) in [5.74, 6) is 0.994. The largest absolute Gasteiger partial charge is 0.507 e. The van der Waals surface area contributed by atoms with Crippen LogP contribution in [0.2, 0.25) is 0 Å². The minimum absolute atomic E-state index is 0. The second-order valence-electron chi connectivity index (χ2n) is 13.4. The van der Waals surface area contributed by atoms with Gasteiger partial charge in [-0.05, 0) is 72.7 Å². The Kier molecular flexibility index (Phi) is 8.68. The third kappa shape index (κ3) is 5.81. The maximum absolute atomic E-state index is 11.1. The third-order valence-electron chi connectivity index (χ3n) is 8.90. The summed E-state index contributed by atoms with van der Waals surface area (Å²) < 4.78 is 2.23. The first kappa shape index (κ1) is 32.4. The Labute approximate surface area is 291 Å². The van der Waals surface area contributed by atoms with Crippen molar-refractivity contribution in [2.24, 2.45) is 0 Å². The zero-order valence-electron chi connectivity index (χ0n) is 27.6. The van der Waals surface area contributed by atoms with E-state index < -0.39 is 0 Å². The summed E-state index contributed by atoms with van der Waals surface area (Å²) in [5.41, 5.74) is 12.2. The molecule has 238 valence electrons. The third-order valence-corrected chi connectivity index (χ3v) is 8.90. The molecule has 0 unspecified atom stereocenters. The van der Waals surface area contributed by atoms with Crippen molar-refractivity contribution in [2.75, 3.05) is 0 Å². The molecular formula is C42H38N3OPt-. The van der Waals surface area contributed by atoms with Gasteiger partial charge in [0.05, 0.1) is 16.6 Å². The van der Waals surface area contributed by atoms with Crippen LogP contribution < -0.4 is 0 Å². The molecule has 5 heteroatoms. The quantitative estimate of drug-likeness (QED) is 0.177. The number of aromatic nitrogens is 3. The number of pyridine rings is 1. The van der Waals surface area contributed by atoms with Crippen molar-refractivity contribution in [3.8, 4) is 50.5 Å². The predicted octanol–water partition coefficient (Wildman–Crippen LogP) is 10.9. The van der Waals surface area contributed by atoms with Crippen molar-refractivity contribution >= 4 is 21.9 Å². The zero-order valence-corrected chi connectivity index (χ0v) is 29.8. The van der Waals surface area contributed by atoms with Gasteiger partial charge in [-0.25, -0.2) is 4.98 Å². The van der Waals surface area contributed by atoms with Crippen molar-refractivity contribution in [2.45, 2.75) is 53.0 Å². The summed E-state index contributed by atoms with van der Waals surface area (Å²) in [4.78, 5) is 10.1. The molecule has 0 fully saturated rings. The Morgan fingerprint density at radius 3 is 2.11 bits per heavy atom. The van der Waals surface area contributed by atoms with Crippen LogP contribution in [0.1, 0.15) is 51.8 Å². The molecule has 47 heavy (non-hydrogen) atoms. The molecule has 4 nitrogen and oxygen atoms in total. The van der Waals surface area contributed by atoms with E-state index in [2.05, 4.69) is 137 Å². The Morgan fingerprint density at radius 2 is 1.40 bits per heavy atom. The molecule has 2 heterocycles. The predicted molar refractivity (Wildman–Crippen MR) is 191 cm³/mol. The van der Waals surface area contributed by atoms with Gasteiger partial charge in [0.15, 0.2) is 0 Å². The maximum atomic E-state index is 11.1. The first-order valence-electron chi connectivity index (χ1n) is 15.9. The van der Waals surface area contributed by atoms with Gasteiger partial charge in [-0.2, -0.15) is 0 Å². The number of para-hydroxylation sites is 1. The molecule has 0 spiro atoms. The SMILES string of the molecule is Cc1ccnc2c(-c3[c-]c(-c4cccc5c4nc(-c4cc(C(C)(C)C)ccc4O)n5C(C)C)ccc3)ccc(-c3ccccc3)c12.[Pt]. The molecule has 0 aliphatic carbocycles. The molecule has 0 aliphatic heterocycles. The minimum Gasteiger partial charge on any atom is -0.507 e. The monoisotopic (exact) mass is 795 g/mol. The van der Waals surface area contributed by atoms with Crippen molar-refractivity contribution in [3.05, 3.63) is 127 Å². The van der Waals surface area contributed by atoms with Gasteiger partial charge >= 0.3 is 0 Å². The van der Waals surface area contributed by atoms with Crippen LogP contribution in [0.4, 0.5) is 0 Å². The van der Waals surface area contributed by atoms with Crippen LogP contribution in [-0.2, 0) is 26.5 Å². The van der Waals surface area contributed by atoms with Crippen LogP contribution in [0.5, 0.6) is 5.75 Å². The first-order valence-corrected chi connectivity index (χ1v) is 15.9. The van der Waals surface area contributed by atoms with Gasteiger partial charge in [0.1, 0.15) is 11.6 Å². The standard InChI is InChI=1S/C42H38N3O.Pt/c1-26(2)45-36-17-11-16-33(39(36)44-41(45)35-25-31(42(4,5)6)18-21-37(35)46)29-14-10-15-30(24-29)34-20-19-32(28-12-8-7-9-13-28)38-27(3)22-23-43-40(34)38;/h7-23,25-26,46H,1-6H3;/q-1;. The molecule has 7 rings (SSSR count).